The molecule has 1 aromatic heterocycles. The van der Waals surface area contributed by atoms with Gasteiger partial charge in [-0.05, 0) is 36.6 Å². The Labute approximate surface area is 191 Å². The number of piperazine rings is 1. The summed E-state index contributed by atoms with van der Waals surface area (Å²) >= 11 is 0. The van der Waals surface area contributed by atoms with Crippen molar-refractivity contribution in [1.82, 2.24) is 20.0 Å². The summed E-state index contributed by atoms with van der Waals surface area (Å²) in [4.78, 5) is 39.9. The molecule has 0 unspecified atom stereocenters. The lowest BCUT2D eigenvalue weighted by atomic mass is 10.0. The molecule has 8 nitrogen and oxygen atoms in total. The molecule has 1 aromatic carbocycles. The van der Waals surface area contributed by atoms with E-state index in [0.29, 0.717) is 31.4 Å². The highest BCUT2D eigenvalue weighted by atomic mass is 19.4. The highest BCUT2D eigenvalue weighted by molar-refractivity contribution is 5.97. The highest BCUT2D eigenvalue weighted by Crippen LogP contribution is 2.27. The zero-order valence-electron chi connectivity index (χ0n) is 18.0. The summed E-state index contributed by atoms with van der Waals surface area (Å²) in [6.07, 6.45) is -3.35. The maximum absolute atomic E-state index is 14.5. The number of carbonyl (C=O) groups excluding carboxylic acids is 2. The quantitative estimate of drug-likeness (QED) is 0.673. The van der Waals surface area contributed by atoms with Gasteiger partial charge >= 0.3 is 6.18 Å². The summed E-state index contributed by atoms with van der Waals surface area (Å²) in [5, 5.41) is 5.42. The molecule has 0 spiro atoms. The van der Waals surface area contributed by atoms with Gasteiger partial charge in [-0.3, -0.25) is 14.4 Å². The van der Waals surface area contributed by atoms with Crippen LogP contribution in [0, 0.1) is 5.82 Å². The third-order valence-corrected chi connectivity index (χ3v) is 5.93. The standard InChI is InChI=1S/C22H22F4N4O4/c23-18-4-3-13(8-14-10-17(22(24,25)26)20(32)28-27-14)9-16(18)21(33)29-5-6-30(19(31)11-29)15-2-1-7-34-12-15/h3-4,9-10,15H,1-2,5-8,11-12H2,(H,28,32)/t15-/m1/s1. The first-order valence-electron chi connectivity index (χ1n) is 10.7. The fourth-order valence-electron chi connectivity index (χ4n) is 4.19. The van der Waals surface area contributed by atoms with E-state index in [1.54, 1.807) is 10.00 Å². The SMILES string of the molecule is O=C(c1cc(Cc2cc(C(F)(F)F)c(=O)[nH]n2)ccc1F)N1CCN([C@@H]2CCCOC2)C(=O)C1. The average molecular weight is 482 g/mol. The van der Waals surface area contributed by atoms with E-state index in [1.807, 2.05) is 0 Å². The molecule has 1 N–H and O–H groups in total. The lowest BCUT2D eigenvalue weighted by Crippen LogP contribution is -2.57. The van der Waals surface area contributed by atoms with Crippen molar-refractivity contribution in [2.45, 2.75) is 31.5 Å². The van der Waals surface area contributed by atoms with Crippen LogP contribution in [0.4, 0.5) is 17.6 Å². The molecule has 2 aromatic rings. The van der Waals surface area contributed by atoms with Crippen LogP contribution in [0.3, 0.4) is 0 Å². The first kappa shape index (κ1) is 23.9. The Bertz CT molecular complexity index is 1140. The van der Waals surface area contributed by atoms with Crippen molar-refractivity contribution in [3.8, 4) is 0 Å². The zero-order chi connectivity index (χ0) is 24.5. The van der Waals surface area contributed by atoms with E-state index in [-0.39, 0.29) is 42.7 Å². The summed E-state index contributed by atoms with van der Waals surface area (Å²) in [6.45, 7) is 1.44. The van der Waals surface area contributed by atoms with Crippen molar-refractivity contribution in [3.63, 3.8) is 0 Å². The van der Waals surface area contributed by atoms with Crippen molar-refractivity contribution in [2.24, 2.45) is 0 Å². The second-order valence-electron chi connectivity index (χ2n) is 8.28. The molecular formula is C22H22F4N4O4. The van der Waals surface area contributed by atoms with E-state index in [1.165, 1.54) is 17.0 Å². The number of carbonyl (C=O) groups is 2. The largest absolute Gasteiger partial charge is 0.421 e. The maximum atomic E-state index is 14.5. The second-order valence-corrected chi connectivity index (χ2v) is 8.28. The third-order valence-electron chi connectivity index (χ3n) is 5.93. The Hall–Kier alpha value is -3.28. The Morgan fingerprint density at radius 2 is 2.00 bits per heavy atom. The lowest BCUT2D eigenvalue weighted by molar-refractivity contribution is -0.141. The van der Waals surface area contributed by atoms with Gasteiger partial charge in [-0.2, -0.15) is 18.3 Å². The predicted octanol–water partition coefficient (Wildman–Crippen LogP) is 1.98. The monoisotopic (exact) mass is 482 g/mol. The zero-order valence-corrected chi connectivity index (χ0v) is 18.0. The average Bonchev–Trinajstić information content (AvgIpc) is 2.81. The summed E-state index contributed by atoms with van der Waals surface area (Å²) in [7, 11) is 0. The summed E-state index contributed by atoms with van der Waals surface area (Å²) in [5.41, 5.74) is -2.83. The molecule has 2 amide bonds. The van der Waals surface area contributed by atoms with Gasteiger partial charge in [0.2, 0.25) is 5.91 Å². The van der Waals surface area contributed by atoms with Gasteiger partial charge in [0.15, 0.2) is 0 Å². The van der Waals surface area contributed by atoms with E-state index < -0.39 is 29.0 Å². The minimum absolute atomic E-state index is 0.0371. The number of aromatic nitrogens is 2. The van der Waals surface area contributed by atoms with Crippen LogP contribution in [0.15, 0.2) is 29.1 Å². The van der Waals surface area contributed by atoms with E-state index in [4.69, 9.17) is 4.74 Å². The van der Waals surface area contributed by atoms with Gasteiger partial charge in [0.1, 0.15) is 17.9 Å². The van der Waals surface area contributed by atoms with Gasteiger partial charge in [-0.15, -0.1) is 0 Å². The van der Waals surface area contributed by atoms with Crippen molar-refractivity contribution in [2.75, 3.05) is 32.8 Å². The van der Waals surface area contributed by atoms with E-state index in [9.17, 15) is 31.9 Å². The van der Waals surface area contributed by atoms with Gasteiger partial charge in [0, 0.05) is 26.1 Å². The Kier molecular flexibility index (Phi) is 6.69. The Balaban J connectivity index is 1.49. The summed E-state index contributed by atoms with van der Waals surface area (Å²) in [6, 6.07) is 4.17. The molecule has 0 aliphatic carbocycles. The molecule has 182 valence electrons. The number of hydrogen-bond donors (Lipinski definition) is 1. The number of aromatic amines is 1. The topological polar surface area (TPSA) is 95.6 Å². The molecule has 0 saturated carbocycles. The van der Waals surface area contributed by atoms with E-state index in [2.05, 4.69) is 5.10 Å². The number of halogens is 4. The minimum atomic E-state index is -4.85. The first-order chi connectivity index (χ1) is 16.1. The van der Waals surface area contributed by atoms with Gasteiger partial charge in [0.05, 0.1) is 23.9 Å². The number of alkyl halides is 3. The van der Waals surface area contributed by atoms with Crippen LogP contribution in [0.5, 0.6) is 0 Å². The molecule has 12 heteroatoms. The normalized spacial score (nSPS) is 19.4. The third kappa shape index (κ3) is 5.11. The molecule has 4 rings (SSSR count). The fourth-order valence-corrected chi connectivity index (χ4v) is 4.19. The maximum Gasteiger partial charge on any atom is 0.421 e. The molecule has 2 aliphatic heterocycles. The van der Waals surface area contributed by atoms with Crippen LogP contribution in [0.2, 0.25) is 0 Å². The molecular weight excluding hydrogens is 460 g/mol. The number of nitrogens with zero attached hydrogens (tertiary/aromatic N) is 3. The number of hydrogen-bond acceptors (Lipinski definition) is 5. The van der Waals surface area contributed by atoms with Gasteiger partial charge in [-0.1, -0.05) is 6.07 Å². The molecule has 2 fully saturated rings. The predicted molar refractivity (Wildman–Crippen MR) is 111 cm³/mol. The van der Waals surface area contributed by atoms with Crippen molar-refractivity contribution >= 4 is 11.8 Å². The van der Waals surface area contributed by atoms with E-state index in [0.717, 1.165) is 18.9 Å². The number of ether oxygens (including phenoxy) is 1. The van der Waals surface area contributed by atoms with Crippen LogP contribution >= 0.6 is 0 Å². The van der Waals surface area contributed by atoms with Crippen LogP contribution < -0.4 is 5.56 Å². The van der Waals surface area contributed by atoms with Crippen molar-refractivity contribution < 1.29 is 31.9 Å². The summed E-state index contributed by atoms with van der Waals surface area (Å²) < 4.78 is 58.9. The van der Waals surface area contributed by atoms with Crippen molar-refractivity contribution in [1.29, 1.82) is 0 Å². The number of rotatable bonds is 4. The summed E-state index contributed by atoms with van der Waals surface area (Å²) in [5.74, 6) is -1.74. The number of nitrogens with one attached hydrogen (secondary N) is 1. The Morgan fingerprint density at radius 1 is 1.21 bits per heavy atom. The minimum Gasteiger partial charge on any atom is -0.379 e. The molecule has 0 radical (unpaired) electrons. The highest BCUT2D eigenvalue weighted by Gasteiger charge is 2.35. The molecule has 0 bridgehead atoms. The molecule has 34 heavy (non-hydrogen) atoms. The number of amides is 2. The van der Waals surface area contributed by atoms with Gasteiger partial charge < -0.3 is 14.5 Å². The van der Waals surface area contributed by atoms with E-state index >= 15 is 0 Å². The first-order valence-corrected chi connectivity index (χ1v) is 10.7. The van der Waals surface area contributed by atoms with Gasteiger partial charge in [-0.25, -0.2) is 9.49 Å². The molecule has 1 atom stereocenters. The number of H-pyrrole nitrogens is 1. The van der Waals surface area contributed by atoms with Crippen LogP contribution in [-0.2, 0) is 22.1 Å². The smallest absolute Gasteiger partial charge is 0.379 e. The second kappa shape index (κ2) is 9.53. The Morgan fingerprint density at radius 3 is 2.68 bits per heavy atom. The van der Waals surface area contributed by atoms with Crippen LogP contribution in [0.25, 0.3) is 0 Å². The van der Waals surface area contributed by atoms with Crippen LogP contribution in [-0.4, -0.2) is 70.7 Å². The molecule has 3 heterocycles. The fraction of sp³-hybridized carbons (Fsp3) is 0.455. The lowest BCUT2D eigenvalue weighted by Gasteiger charge is -2.40. The molecule has 2 aliphatic rings. The van der Waals surface area contributed by atoms with Crippen molar-refractivity contribution in [3.05, 3.63) is 62.8 Å². The number of benzene rings is 1. The van der Waals surface area contributed by atoms with Crippen LogP contribution in [0.1, 0.15) is 40.0 Å². The molecule has 2 saturated heterocycles. The van der Waals surface area contributed by atoms with Gasteiger partial charge in [0.25, 0.3) is 11.5 Å².